The van der Waals surface area contributed by atoms with E-state index in [0.717, 1.165) is 25.4 Å². The van der Waals surface area contributed by atoms with E-state index in [4.69, 9.17) is 4.74 Å². The molecule has 0 spiro atoms. The molecular formula is C29H33NOS. The zero-order valence-electron chi connectivity index (χ0n) is 19.6. The van der Waals surface area contributed by atoms with Crippen molar-refractivity contribution < 1.29 is 4.74 Å². The molecule has 0 unspecified atom stereocenters. The van der Waals surface area contributed by atoms with Crippen LogP contribution in [0.1, 0.15) is 38.8 Å². The fourth-order valence-corrected chi connectivity index (χ4v) is 3.93. The Bertz CT molecular complexity index is 1060. The summed E-state index contributed by atoms with van der Waals surface area (Å²) in [5.41, 5.74) is 4.96. The molecule has 166 valence electrons. The molecule has 0 fully saturated rings. The van der Waals surface area contributed by atoms with Crippen LogP contribution >= 0.6 is 11.3 Å². The first-order valence-corrected chi connectivity index (χ1v) is 12.1. The number of ether oxygens (including phenoxy) is 1. The molecule has 3 heteroatoms. The van der Waals surface area contributed by atoms with Gasteiger partial charge in [0.25, 0.3) is 0 Å². The Kier molecular flexibility index (Phi) is 8.73. The number of allylic oxidation sites excluding steroid dienone is 1. The molecule has 0 aliphatic carbocycles. The first-order chi connectivity index (χ1) is 15.4. The van der Waals surface area contributed by atoms with Crippen molar-refractivity contribution in [2.45, 2.75) is 40.8 Å². The van der Waals surface area contributed by atoms with E-state index in [2.05, 4.69) is 110 Å². The lowest BCUT2D eigenvalue weighted by Gasteiger charge is -2.19. The Morgan fingerprint density at radius 3 is 2.56 bits per heavy atom. The minimum atomic E-state index is 0.0442. The second-order valence-electron chi connectivity index (χ2n) is 8.90. The van der Waals surface area contributed by atoms with E-state index >= 15 is 0 Å². The van der Waals surface area contributed by atoms with Crippen LogP contribution in [-0.4, -0.2) is 18.0 Å². The van der Waals surface area contributed by atoms with Crippen LogP contribution < -0.4 is 4.74 Å². The maximum atomic E-state index is 6.10. The summed E-state index contributed by atoms with van der Waals surface area (Å²) in [7, 11) is 0. The highest BCUT2D eigenvalue weighted by atomic mass is 32.1. The number of benzene rings is 2. The highest BCUT2D eigenvalue weighted by Crippen LogP contribution is 2.26. The quantitative estimate of drug-likeness (QED) is 0.319. The fourth-order valence-electron chi connectivity index (χ4n) is 3.26. The second kappa shape index (κ2) is 11.7. The molecule has 0 saturated carbocycles. The van der Waals surface area contributed by atoms with Gasteiger partial charge in [0, 0.05) is 18.5 Å². The highest BCUT2D eigenvalue weighted by molar-refractivity contribution is 7.08. The Labute approximate surface area is 197 Å². The van der Waals surface area contributed by atoms with Crippen molar-refractivity contribution in [1.82, 2.24) is 4.90 Å². The van der Waals surface area contributed by atoms with Gasteiger partial charge in [0.15, 0.2) is 0 Å². The average Bonchev–Trinajstić information content (AvgIpc) is 3.31. The van der Waals surface area contributed by atoms with Crippen LogP contribution in [-0.2, 0) is 13.2 Å². The minimum Gasteiger partial charge on any atom is -0.489 e. The van der Waals surface area contributed by atoms with Crippen LogP contribution in [0, 0.1) is 17.3 Å². The number of nitrogens with zero attached hydrogens (tertiary/aromatic N) is 1. The molecule has 0 atom stereocenters. The van der Waals surface area contributed by atoms with Crippen molar-refractivity contribution in [3.8, 4) is 28.7 Å². The summed E-state index contributed by atoms with van der Waals surface area (Å²) in [5.74, 6) is 7.29. The van der Waals surface area contributed by atoms with Crippen LogP contribution in [0.3, 0.4) is 0 Å². The fraction of sp³-hybridized carbons (Fsp3) is 0.310. The molecule has 0 bridgehead atoms. The Morgan fingerprint density at radius 2 is 1.81 bits per heavy atom. The number of likely N-dealkylation sites (N-methyl/N-ethyl adjacent to an activating group) is 1. The molecule has 0 radical (unpaired) electrons. The molecule has 1 aromatic heterocycles. The van der Waals surface area contributed by atoms with Gasteiger partial charge in [-0.2, -0.15) is 11.3 Å². The van der Waals surface area contributed by atoms with Crippen LogP contribution in [0.4, 0.5) is 0 Å². The zero-order chi connectivity index (χ0) is 22.8. The van der Waals surface area contributed by atoms with Gasteiger partial charge in [-0.1, -0.05) is 61.2 Å². The van der Waals surface area contributed by atoms with Crippen molar-refractivity contribution in [1.29, 1.82) is 0 Å². The molecule has 32 heavy (non-hydrogen) atoms. The molecule has 0 saturated heterocycles. The summed E-state index contributed by atoms with van der Waals surface area (Å²) >= 11 is 1.71. The Hall–Kier alpha value is -2.80. The summed E-state index contributed by atoms with van der Waals surface area (Å²) in [4.78, 5) is 2.40. The lowest BCUT2D eigenvalue weighted by molar-refractivity contribution is 0.302. The van der Waals surface area contributed by atoms with Crippen molar-refractivity contribution in [3.63, 3.8) is 0 Å². The van der Waals surface area contributed by atoms with Gasteiger partial charge in [-0.3, -0.25) is 4.90 Å². The van der Waals surface area contributed by atoms with Gasteiger partial charge in [0.1, 0.15) is 12.4 Å². The average molecular weight is 444 g/mol. The maximum Gasteiger partial charge on any atom is 0.120 e. The van der Waals surface area contributed by atoms with Crippen molar-refractivity contribution in [3.05, 3.63) is 88.6 Å². The van der Waals surface area contributed by atoms with E-state index in [-0.39, 0.29) is 5.41 Å². The van der Waals surface area contributed by atoms with E-state index in [1.807, 2.05) is 12.1 Å². The van der Waals surface area contributed by atoms with Crippen LogP contribution in [0.15, 0.2) is 77.5 Å². The molecule has 2 aromatic carbocycles. The summed E-state index contributed by atoms with van der Waals surface area (Å²) in [6.07, 6.45) is 4.12. The largest absolute Gasteiger partial charge is 0.489 e. The van der Waals surface area contributed by atoms with Gasteiger partial charge in [-0.05, 0) is 84.6 Å². The first kappa shape index (κ1) is 23.9. The minimum absolute atomic E-state index is 0.0442. The van der Waals surface area contributed by atoms with Crippen LogP contribution in [0.25, 0.3) is 11.1 Å². The van der Waals surface area contributed by atoms with Crippen LogP contribution in [0.2, 0.25) is 0 Å². The molecule has 3 aromatic rings. The Balaban J connectivity index is 1.56. The van der Waals surface area contributed by atoms with E-state index in [1.165, 1.54) is 22.3 Å². The van der Waals surface area contributed by atoms with E-state index in [0.29, 0.717) is 6.61 Å². The highest BCUT2D eigenvalue weighted by Gasteiger charge is 2.05. The molecule has 1 heterocycles. The van der Waals surface area contributed by atoms with Gasteiger partial charge in [-0.25, -0.2) is 0 Å². The predicted molar refractivity (Wildman–Crippen MR) is 138 cm³/mol. The molecular weight excluding hydrogens is 410 g/mol. The molecule has 0 N–H and O–H groups in total. The standard InChI is InChI=1S/C29H33NOS/c1-5-30(17-8-6-7-16-29(2,3)4)21-24-11-9-12-25(19-24)22-31-28-14-10-13-26(20-28)27-15-18-32-23-27/h6,8-15,18-20,23H,5,17,21-22H2,1-4H3. The third-order valence-electron chi connectivity index (χ3n) is 4.95. The van der Waals surface area contributed by atoms with Gasteiger partial charge in [-0.15, -0.1) is 0 Å². The summed E-state index contributed by atoms with van der Waals surface area (Å²) < 4.78 is 6.10. The zero-order valence-corrected chi connectivity index (χ0v) is 20.4. The maximum absolute atomic E-state index is 6.10. The summed E-state index contributed by atoms with van der Waals surface area (Å²) in [5, 5.41) is 4.26. The molecule has 3 rings (SSSR count). The van der Waals surface area contributed by atoms with Gasteiger partial charge < -0.3 is 4.74 Å². The smallest absolute Gasteiger partial charge is 0.120 e. The first-order valence-electron chi connectivity index (χ1n) is 11.2. The summed E-state index contributed by atoms with van der Waals surface area (Å²) in [6.45, 7) is 11.9. The lowest BCUT2D eigenvalue weighted by atomic mass is 9.98. The van der Waals surface area contributed by atoms with Gasteiger partial charge in [0.05, 0.1) is 0 Å². The molecule has 0 amide bonds. The van der Waals surface area contributed by atoms with Crippen molar-refractivity contribution in [2.24, 2.45) is 5.41 Å². The van der Waals surface area contributed by atoms with Crippen molar-refractivity contribution >= 4 is 11.3 Å². The van der Waals surface area contributed by atoms with E-state index in [9.17, 15) is 0 Å². The normalized spacial score (nSPS) is 11.5. The molecule has 0 aliphatic rings. The molecule has 0 aliphatic heterocycles. The number of thiophene rings is 1. The van der Waals surface area contributed by atoms with E-state index in [1.54, 1.807) is 11.3 Å². The monoisotopic (exact) mass is 443 g/mol. The number of hydrogen-bond acceptors (Lipinski definition) is 3. The number of rotatable bonds is 9. The van der Waals surface area contributed by atoms with Gasteiger partial charge in [0.2, 0.25) is 0 Å². The topological polar surface area (TPSA) is 12.5 Å². The molecule has 2 nitrogen and oxygen atoms in total. The number of hydrogen-bond donors (Lipinski definition) is 0. The SMILES string of the molecule is CCN(CC=CC#CC(C)(C)C)Cc1cccc(COc2cccc(-c3ccsc3)c2)c1. The third kappa shape index (κ3) is 8.04. The third-order valence-corrected chi connectivity index (χ3v) is 5.63. The summed E-state index contributed by atoms with van der Waals surface area (Å²) in [6, 6.07) is 19.1. The second-order valence-corrected chi connectivity index (χ2v) is 9.68. The van der Waals surface area contributed by atoms with Gasteiger partial charge >= 0.3 is 0 Å². The lowest BCUT2D eigenvalue weighted by Crippen LogP contribution is -2.22. The van der Waals surface area contributed by atoms with Crippen LogP contribution in [0.5, 0.6) is 5.75 Å². The predicted octanol–water partition coefficient (Wildman–Crippen LogP) is 7.42. The Morgan fingerprint density at radius 1 is 1.00 bits per heavy atom. The van der Waals surface area contributed by atoms with Crippen molar-refractivity contribution in [2.75, 3.05) is 13.1 Å². The van der Waals surface area contributed by atoms with E-state index < -0.39 is 0 Å².